The Balaban J connectivity index is 1.64. The molecule has 20 heavy (non-hydrogen) atoms. The van der Waals surface area contributed by atoms with Crippen LogP contribution in [0.3, 0.4) is 0 Å². The Hall–Kier alpha value is -1.75. The van der Waals surface area contributed by atoms with E-state index in [9.17, 15) is 4.79 Å². The minimum atomic E-state index is 0.0332. The van der Waals surface area contributed by atoms with Crippen molar-refractivity contribution >= 4 is 28.5 Å². The summed E-state index contributed by atoms with van der Waals surface area (Å²) >= 11 is 1.61. The molecule has 2 aliphatic rings. The minimum Gasteiger partial charge on any atom is -0.326 e. The van der Waals surface area contributed by atoms with Gasteiger partial charge in [0.05, 0.1) is 13.0 Å². The van der Waals surface area contributed by atoms with Crippen molar-refractivity contribution in [2.45, 2.75) is 19.8 Å². The molecule has 1 N–H and O–H groups in total. The van der Waals surface area contributed by atoms with Crippen molar-refractivity contribution in [1.82, 2.24) is 4.90 Å². The van der Waals surface area contributed by atoms with Crippen molar-refractivity contribution in [2.24, 2.45) is 4.99 Å². The molecule has 0 aliphatic carbocycles. The Labute approximate surface area is 123 Å². The number of rotatable bonds is 4. The van der Waals surface area contributed by atoms with Gasteiger partial charge in [0.1, 0.15) is 0 Å². The fourth-order valence-corrected chi connectivity index (χ4v) is 3.38. The molecule has 4 nitrogen and oxygen atoms in total. The van der Waals surface area contributed by atoms with Crippen LogP contribution in [0.1, 0.15) is 18.9 Å². The van der Waals surface area contributed by atoms with E-state index < -0.39 is 0 Å². The van der Waals surface area contributed by atoms with Gasteiger partial charge in [-0.25, -0.2) is 0 Å². The number of hydrogen-bond donors (Lipinski definition) is 1. The van der Waals surface area contributed by atoms with Gasteiger partial charge in [0.15, 0.2) is 5.17 Å². The number of thioether (sulfide) groups is 1. The largest absolute Gasteiger partial charge is 0.326 e. The number of benzene rings is 1. The van der Waals surface area contributed by atoms with Crippen LogP contribution in [0.2, 0.25) is 0 Å². The lowest BCUT2D eigenvalue weighted by Gasteiger charge is -2.16. The molecule has 0 radical (unpaired) electrons. The number of aliphatic imine (C=N–C) groups is 1. The summed E-state index contributed by atoms with van der Waals surface area (Å²) in [5.41, 5.74) is 3.14. The Morgan fingerprint density at radius 3 is 3.15 bits per heavy atom. The summed E-state index contributed by atoms with van der Waals surface area (Å²) in [7, 11) is 0. The Morgan fingerprint density at radius 1 is 1.45 bits per heavy atom. The quantitative estimate of drug-likeness (QED) is 0.926. The zero-order valence-corrected chi connectivity index (χ0v) is 12.2. The highest BCUT2D eigenvalue weighted by molar-refractivity contribution is 8.16. The van der Waals surface area contributed by atoms with E-state index in [0.29, 0.717) is 6.42 Å². The van der Waals surface area contributed by atoms with E-state index in [-0.39, 0.29) is 5.91 Å². The molecule has 0 spiro atoms. The number of aryl methyl sites for hydroxylation is 1. The number of hydrogen-bond acceptors (Lipinski definition) is 4. The van der Waals surface area contributed by atoms with Crippen LogP contribution < -0.4 is 5.32 Å². The van der Waals surface area contributed by atoms with Gasteiger partial charge in [0.2, 0.25) is 5.91 Å². The molecule has 0 atom stereocenters. The zero-order chi connectivity index (χ0) is 13.9. The molecule has 0 bridgehead atoms. The molecule has 1 aromatic carbocycles. The zero-order valence-electron chi connectivity index (χ0n) is 11.4. The Bertz CT molecular complexity index is 595. The predicted molar refractivity (Wildman–Crippen MR) is 83.7 cm³/mol. The third kappa shape index (κ3) is 2.58. The topological polar surface area (TPSA) is 44.7 Å². The van der Waals surface area contributed by atoms with Gasteiger partial charge in [-0.2, -0.15) is 0 Å². The summed E-state index contributed by atoms with van der Waals surface area (Å²) in [6, 6.07) is 7.95. The summed E-state index contributed by atoms with van der Waals surface area (Å²) in [6.45, 7) is 3.82. The summed E-state index contributed by atoms with van der Waals surface area (Å²) in [6.07, 6.45) is 1.32. The Morgan fingerprint density at radius 2 is 2.30 bits per heavy atom. The fraction of sp³-hybridized carbons (Fsp3) is 0.333. The molecule has 2 aliphatic heterocycles. The van der Waals surface area contributed by atoms with Crippen molar-refractivity contribution in [2.75, 3.05) is 18.4 Å². The smallest absolute Gasteiger partial charge is 0.230 e. The number of fused-ring (bicyclic) bond motifs is 1. The molecular formula is C15H17N3OS. The Kier molecular flexibility index (Phi) is 3.78. The molecule has 0 unspecified atom stereocenters. The van der Waals surface area contributed by atoms with Crippen LogP contribution >= 0.6 is 11.8 Å². The van der Waals surface area contributed by atoms with Crippen LogP contribution in [0.15, 0.2) is 40.4 Å². The van der Waals surface area contributed by atoms with Crippen LogP contribution in [0.4, 0.5) is 5.69 Å². The lowest BCUT2D eigenvalue weighted by molar-refractivity contribution is -0.115. The summed E-state index contributed by atoms with van der Waals surface area (Å²) in [5, 5.41) is 6.07. The maximum atomic E-state index is 12.2. The number of amidine groups is 1. The minimum absolute atomic E-state index is 0.0332. The molecule has 0 saturated carbocycles. The molecule has 3 rings (SSSR count). The highest BCUT2D eigenvalue weighted by Crippen LogP contribution is 2.31. The summed E-state index contributed by atoms with van der Waals surface area (Å²) in [5.74, 6) is 0.0332. The normalized spacial score (nSPS) is 16.8. The molecule has 104 valence electrons. The van der Waals surface area contributed by atoms with E-state index >= 15 is 0 Å². The number of carbonyl (C=O) groups excluding carboxylic acids is 1. The molecule has 0 fully saturated rings. The van der Waals surface area contributed by atoms with Gasteiger partial charge in [-0.15, -0.1) is 0 Å². The monoisotopic (exact) mass is 287 g/mol. The maximum absolute atomic E-state index is 12.2. The number of para-hydroxylation sites is 1. The first-order valence-electron chi connectivity index (χ1n) is 6.83. The van der Waals surface area contributed by atoms with E-state index in [1.165, 1.54) is 5.56 Å². The highest BCUT2D eigenvalue weighted by atomic mass is 32.2. The number of anilines is 1. The third-order valence-electron chi connectivity index (χ3n) is 3.46. The van der Waals surface area contributed by atoms with Crippen LogP contribution in [0, 0.1) is 0 Å². The SMILES string of the molecule is CCc1ccccc1NC(=O)CC1=CSC2=NCCN12. The van der Waals surface area contributed by atoms with Crippen LogP contribution in [0.5, 0.6) is 0 Å². The molecule has 0 aromatic heterocycles. The number of amides is 1. The third-order valence-corrected chi connectivity index (χ3v) is 4.41. The first kappa shape index (κ1) is 13.2. The van der Waals surface area contributed by atoms with Crippen LogP contribution in [-0.2, 0) is 11.2 Å². The lowest BCUT2D eigenvalue weighted by Crippen LogP contribution is -2.24. The van der Waals surface area contributed by atoms with Gasteiger partial charge in [0, 0.05) is 17.9 Å². The van der Waals surface area contributed by atoms with E-state index in [0.717, 1.165) is 36.1 Å². The molecule has 1 aromatic rings. The van der Waals surface area contributed by atoms with Crippen molar-refractivity contribution in [3.05, 3.63) is 40.9 Å². The summed E-state index contributed by atoms with van der Waals surface area (Å²) < 4.78 is 0. The van der Waals surface area contributed by atoms with E-state index in [2.05, 4.69) is 22.1 Å². The second-order valence-corrected chi connectivity index (χ2v) is 5.62. The number of nitrogens with one attached hydrogen (secondary N) is 1. The van der Waals surface area contributed by atoms with Gasteiger partial charge in [-0.05, 0) is 23.5 Å². The average Bonchev–Trinajstić information content (AvgIpc) is 3.04. The van der Waals surface area contributed by atoms with Gasteiger partial charge in [-0.1, -0.05) is 36.9 Å². The first-order chi connectivity index (χ1) is 9.78. The van der Waals surface area contributed by atoms with Crippen molar-refractivity contribution in [3.8, 4) is 0 Å². The van der Waals surface area contributed by atoms with E-state index in [1.54, 1.807) is 11.8 Å². The van der Waals surface area contributed by atoms with Gasteiger partial charge >= 0.3 is 0 Å². The van der Waals surface area contributed by atoms with Crippen molar-refractivity contribution in [3.63, 3.8) is 0 Å². The fourth-order valence-electron chi connectivity index (χ4n) is 2.42. The number of carbonyl (C=O) groups is 1. The van der Waals surface area contributed by atoms with Crippen molar-refractivity contribution < 1.29 is 4.79 Å². The van der Waals surface area contributed by atoms with Crippen LogP contribution in [-0.4, -0.2) is 29.1 Å². The summed E-state index contributed by atoms with van der Waals surface area (Å²) in [4.78, 5) is 18.7. The van der Waals surface area contributed by atoms with Crippen molar-refractivity contribution in [1.29, 1.82) is 0 Å². The second-order valence-electron chi connectivity index (χ2n) is 4.78. The molecule has 5 heteroatoms. The number of nitrogens with zero attached hydrogens (tertiary/aromatic N) is 2. The maximum Gasteiger partial charge on any atom is 0.230 e. The van der Waals surface area contributed by atoms with E-state index in [4.69, 9.17) is 0 Å². The lowest BCUT2D eigenvalue weighted by atomic mass is 10.1. The second kappa shape index (κ2) is 5.71. The van der Waals surface area contributed by atoms with Gasteiger partial charge in [-0.3, -0.25) is 9.79 Å². The van der Waals surface area contributed by atoms with Crippen LogP contribution in [0.25, 0.3) is 0 Å². The van der Waals surface area contributed by atoms with Gasteiger partial charge in [0.25, 0.3) is 0 Å². The standard InChI is InChI=1S/C15H17N3OS/c1-2-11-5-3-4-6-13(11)17-14(19)9-12-10-20-15-16-7-8-18(12)15/h3-6,10H,2,7-9H2,1H3,(H,17,19). The van der Waals surface area contributed by atoms with E-state index in [1.807, 2.05) is 29.7 Å². The first-order valence-corrected chi connectivity index (χ1v) is 7.71. The molecule has 1 amide bonds. The van der Waals surface area contributed by atoms with Gasteiger partial charge < -0.3 is 10.2 Å². The predicted octanol–water partition coefficient (Wildman–Crippen LogP) is 2.84. The highest BCUT2D eigenvalue weighted by Gasteiger charge is 2.27. The molecule has 2 heterocycles. The molecule has 0 saturated heterocycles. The molecular weight excluding hydrogens is 270 g/mol. The average molecular weight is 287 g/mol.